The lowest BCUT2D eigenvalue weighted by Gasteiger charge is -2.13. The molecule has 8 heteroatoms. The number of hydrogen-bond donors (Lipinski definition) is 3. The maximum absolute atomic E-state index is 12.8. The summed E-state index contributed by atoms with van der Waals surface area (Å²) in [4.78, 5) is 37.6. The van der Waals surface area contributed by atoms with Gasteiger partial charge in [-0.15, -0.1) is 0 Å². The first-order valence-electron chi connectivity index (χ1n) is 9.65. The number of carbonyl (C=O) groups excluding carboxylic acids is 2. The van der Waals surface area contributed by atoms with E-state index in [1.165, 1.54) is 17.7 Å². The smallest absolute Gasteiger partial charge is 0.323 e. The summed E-state index contributed by atoms with van der Waals surface area (Å²) in [6.45, 7) is 3.47. The van der Waals surface area contributed by atoms with E-state index in [4.69, 9.17) is 4.74 Å². The summed E-state index contributed by atoms with van der Waals surface area (Å²) in [7, 11) is 1.54. The molecule has 1 aromatic heterocycles. The van der Waals surface area contributed by atoms with Gasteiger partial charge in [0.1, 0.15) is 18.0 Å². The molecule has 0 bridgehead atoms. The quantitative estimate of drug-likeness (QED) is 0.565. The fraction of sp³-hybridized carbons (Fsp3) is 0.174. The van der Waals surface area contributed by atoms with Crippen molar-refractivity contribution in [2.45, 2.75) is 20.4 Å². The normalized spacial score (nSPS) is 10.3. The Morgan fingerprint density at radius 1 is 0.903 bits per heavy atom. The third-order valence-corrected chi connectivity index (χ3v) is 4.61. The van der Waals surface area contributed by atoms with Crippen LogP contribution < -0.4 is 26.2 Å². The van der Waals surface area contributed by atoms with Gasteiger partial charge in [0, 0.05) is 23.1 Å². The molecule has 0 aliphatic carbocycles. The van der Waals surface area contributed by atoms with Crippen molar-refractivity contribution in [3.8, 4) is 5.75 Å². The average Bonchev–Trinajstić information content (AvgIpc) is 2.75. The van der Waals surface area contributed by atoms with Crippen LogP contribution in [0.25, 0.3) is 0 Å². The largest absolute Gasteiger partial charge is 0.497 e. The van der Waals surface area contributed by atoms with Crippen molar-refractivity contribution in [3.05, 3.63) is 82.3 Å². The van der Waals surface area contributed by atoms with Crippen molar-refractivity contribution >= 4 is 29.0 Å². The van der Waals surface area contributed by atoms with Crippen LogP contribution in [-0.2, 0) is 11.3 Å². The molecule has 0 saturated carbocycles. The number of pyridine rings is 1. The number of amides is 3. The molecule has 160 valence electrons. The first-order chi connectivity index (χ1) is 14.9. The molecule has 31 heavy (non-hydrogen) atoms. The zero-order chi connectivity index (χ0) is 22.4. The molecule has 0 radical (unpaired) electrons. The van der Waals surface area contributed by atoms with Gasteiger partial charge in [-0.25, -0.2) is 4.79 Å². The zero-order valence-corrected chi connectivity index (χ0v) is 17.6. The molecule has 0 atom stereocenters. The minimum Gasteiger partial charge on any atom is -0.497 e. The number of methoxy groups -OCH3 is 1. The molecule has 0 aliphatic heterocycles. The van der Waals surface area contributed by atoms with Crippen LogP contribution in [0.3, 0.4) is 0 Å². The molecule has 3 rings (SSSR count). The topological polar surface area (TPSA) is 101 Å². The number of rotatable bonds is 6. The number of carbonyl (C=O) groups is 2. The number of anilines is 3. The van der Waals surface area contributed by atoms with Crippen molar-refractivity contribution in [3.63, 3.8) is 0 Å². The minimum absolute atomic E-state index is 0.0735. The Balaban J connectivity index is 1.70. The highest BCUT2D eigenvalue weighted by Gasteiger charge is 2.13. The Kier molecular flexibility index (Phi) is 6.71. The number of nitrogens with zero attached hydrogens (tertiary/aromatic N) is 1. The molecule has 3 N–H and O–H groups in total. The molecule has 1 heterocycles. The zero-order valence-electron chi connectivity index (χ0n) is 17.6. The van der Waals surface area contributed by atoms with Gasteiger partial charge in [-0.3, -0.25) is 9.59 Å². The van der Waals surface area contributed by atoms with E-state index in [-0.39, 0.29) is 18.1 Å². The number of nitrogens with one attached hydrogen (secondary N) is 3. The Morgan fingerprint density at radius 2 is 1.65 bits per heavy atom. The molecule has 3 aromatic rings. The van der Waals surface area contributed by atoms with E-state index < -0.39 is 11.6 Å². The second-order valence-electron chi connectivity index (χ2n) is 7.00. The van der Waals surface area contributed by atoms with Gasteiger partial charge in [-0.05, 0) is 50.2 Å². The van der Waals surface area contributed by atoms with Crippen LogP contribution in [0.15, 0.2) is 65.5 Å². The number of hydrogen-bond acceptors (Lipinski definition) is 4. The van der Waals surface area contributed by atoms with Gasteiger partial charge >= 0.3 is 6.03 Å². The van der Waals surface area contributed by atoms with Crippen LogP contribution >= 0.6 is 0 Å². The van der Waals surface area contributed by atoms with Crippen LogP contribution in [0.5, 0.6) is 5.75 Å². The molecular weight excluding hydrogens is 396 g/mol. The first-order valence-corrected chi connectivity index (χ1v) is 9.65. The van der Waals surface area contributed by atoms with Gasteiger partial charge < -0.3 is 25.3 Å². The molecule has 0 fully saturated rings. The Hall–Kier alpha value is -4.07. The summed E-state index contributed by atoms with van der Waals surface area (Å²) in [6.07, 6.45) is 0. The third kappa shape index (κ3) is 5.72. The lowest BCUT2D eigenvalue weighted by molar-refractivity contribution is -0.116. The molecule has 3 amide bonds. The minimum atomic E-state index is -0.544. The van der Waals surface area contributed by atoms with Crippen molar-refractivity contribution in [2.75, 3.05) is 23.1 Å². The van der Waals surface area contributed by atoms with Crippen LogP contribution in [0.1, 0.15) is 11.3 Å². The summed E-state index contributed by atoms with van der Waals surface area (Å²) in [5.74, 6) is 0.233. The first kappa shape index (κ1) is 21.6. The summed E-state index contributed by atoms with van der Waals surface area (Å²) in [5.41, 5.74) is 2.43. The van der Waals surface area contributed by atoms with Gasteiger partial charge in [0.25, 0.3) is 5.56 Å². The summed E-state index contributed by atoms with van der Waals surface area (Å²) in [6, 6.07) is 16.8. The highest BCUT2D eigenvalue weighted by Crippen LogP contribution is 2.17. The van der Waals surface area contributed by atoms with Crippen LogP contribution in [0.4, 0.5) is 21.9 Å². The average molecular weight is 420 g/mol. The molecule has 8 nitrogen and oxygen atoms in total. The highest BCUT2D eigenvalue weighted by atomic mass is 16.5. The van der Waals surface area contributed by atoms with Crippen LogP contribution in [-0.4, -0.2) is 23.6 Å². The van der Waals surface area contributed by atoms with E-state index in [1.54, 1.807) is 49.4 Å². The monoisotopic (exact) mass is 420 g/mol. The second kappa shape index (κ2) is 9.62. The maximum atomic E-state index is 12.8. The van der Waals surface area contributed by atoms with E-state index in [0.29, 0.717) is 22.8 Å². The highest BCUT2D eigenvalue weighted by molar-refractivity contribution is 5.99. The van der Waals surface area contributed by atoms with E-state index in [0.717, 1.165) is 5.56 Å². The van der Waals surface area contributed by atoms with Gasteiger partial charge in [0.05, 0.1) is 7.11 Å². The van der Waals surface area contributed by atoms with Crippen LogP contribution in [0.2, 0.25) is 0 Å². The van der Waals surface area contributed by atoms with Gasteiger partial charge in [-0.1, -0.05) is 23.8 Å². The van der Waals surface area contributed by atoms with E-state index in [2.05, 4.69) is 16.0 Å². The number of urea groups is 1. The number of aromatic nitrogens is 1. The molecule has 0 aliphatic rings. The fourth-order valence-electron chi connectivity index (χ4n) is 2.93. The molecular formula is C23H24N4O4. The lowest BCUT2D eigenvalue weighted by Crippen LogP contribution is -2.32. The van der Waals surface area contributed by atoms with Gasteiger partial charge in [0.15, 0.2) is 0 Å². The molecule has 0 spiro atoms. The second-order valence-corrected chi connectivity index (χ2v) is 7.00. The summed E-state index contributed by atoms with van der Waals surface area (Å²) < 4.78 is 6.44. The van der Waals surface area contributed by atoms with Gasteiger partial charge in [0.2, 0.25) is 5.91 Å². The lowest BCUT2D eigenvalue weighted by atomic mass is 10.2. The van der Waals surface area contributed by atoms with Crippen LogP contribution in [0, 0.1) is 13.8 Å². The van der Waals surface area contributed by atoms with Crippen molar-refractivity contribution in [2.24, 2.45) is 0 Å². The van der Waals surface area contributed by atoms with E-state index >= 15 is 0 Å². The van der Waals surface area contributed by atoms with Crippen molar-refractivity contribution < 1.29 is 14.3 Å². The van der Waals surface area contributed by atoms with Gasteiger partial charge in [-0.2, -0.15) is 0 Å². The third-order valence-electron chi connectivity index (χ3n) is 4.61. The van der Waals surface area contributed by atoms with E-state index in [1.807, 2.05) is 19.1 Å². The summed E-state index contributed by atoms with van der Waals surface area (Å²) >= 11 is 0. The molecule has 0 saturated heterocycles. The summed E-state index contributed by atoms with van der Waals surface area (Å²) in [5, 5.41) is 7.96. The molecule has 2 aromatic carbocycles. The SMILES string of the molecule is COc1cccc(NC(=O)Cn2c(C)ccc(NC(=O)Nc3ccc(C)cc3)c2=O)c1. The van der Waals surface area contributed by atoms with Crippen molar-refractivity contribution in [1.29, 1.82) is 0 Å². The maximum Gasteiger partial charge on any atom is 0.323 e. The Morgan fingerprint density at radius 3 is 2.35 bits per heavy atom. The number of aryl methyl sites for hydroxylation is 2. The van der Waals surface area contributed by atoms with Crippen molar-refractivity contribution in [1.82, 2.24) is 4.57 Å². The predicted octanol–water partition coefficient (Wildman–Crippen LogP) is 3.76. The number of ether oxygens (including phenoxy) is 1. The fourth-order valence-corrected chi connectivity index (χ4v) is 2.93. The van der Waals surface area contributed by atoms with E-state index in [9.17, 15) is 14.4 Å². The number of benzene rings is 2. The predicted molar refractivity (Wildman–Crippen MR) is 121 cm³/mol. The Bertz CT molecular complexity index is 1150. The molecule has 0 unspecified atom stereocenters. The standard InChI is InChI=1S/C23H24N4O4/c1-15-7-10-17(11-8-15)25-23(30)26-20-12-9-16(2)27(22(20)29)14-21(28)24-18-5-4-6-19(13-18)31-3/h4-13H,14H2,1-3H3,(H,24,28)(H2,25,26,30). The Labute approximate surface area is 179 Å².